The third-order valence-electron chi connectivity index (χ3n) is 5.18. The van der Waals surface area contributed by atoms with Gasteiger partial charge in [0, 0.05) is 17.8 Å². The molecule has 0 bridgehead atoms. The van der Waals surface area contributed by atoms with E-state index < -0.39 is 0 Å². The van der Waals surface area contributed by atoms with Gasteiger partial charge in [-0.1, -0.05) is 18.2 Å². The molecule has 0 saturated carbocycles. The van der Waals surface area contributed by atoms with Gasteiger partial charge in [0.25, 0.3) is 0 Å². The molecule has 2 aromatic heterocycles. The second-order valence-corrected chi connectivity index (χ2v) is 7.79. The summed E-state index contributed by atoms with van der Waals surface area (Å²) in [6.45, 7) is 4.21. The Morgan fingerprint density at radius 2 is 2.03 bits per heavy atom. The van der Waals surface area contributed by atoms with Crippen LogP contribution in [0.15, 0.2) is 65.2 Å². The van der Waals surface area contributed by atoms with Crippen LogP contribution in [0.5, 0.6) is 0 Å². The van der Waals surface area contributed by atoms with Gasteiger partial charge in [-0.3, -0.25) is 4.98 Å². The summed E-state index contributed by atoms with van der Waals surface area (Å²) >= 11 is 5.62. The maximum atomic E-state index is 11.9. The van der Waals surface area contributed by atoms with Crippen LogP contribution in [0, 0.1) is 0 Å². The molecule has 6 nitrogen and oxygen atoms in total. The van der Waals surface area contributed by atoms with Gasteiger partial charge in [-0.2, -0.15) is 0 Å². The minimum absolute atomic E-state index is 0.124. The first-order valence-electron chi connectivity index (χ1n) is 9.78. The number of furan rings is 1. The quantitative estimate of drug-likeness (QED) is 0.480. The van der Waals surface area contributed by atoms with Gasteiger partial charge in [0.05, 0.1) is 24.4 Å². The number of thiocarbonyl (C=S) groups is 1. The molecule has 2 unspecified atom stereocenters. The zero-order valence-corrected chi connectivity index (χ0v) is 17.8. The predicted octanol–water partition coefficient (Wildman–Crippen LogP) is 4.51. The number of ether oxygens (including phenoxy) is 1. The van der Waals surface area contributed by atoms with Crippen molar-refractivity contribution in [2.24, 2.45) is 0 Å². The molecule has 3 aromatic rings. The number of nitrogens with one attached hydrogen (secondary N) is 1. The first-order valence-corrected chi connectivity index (χ1v) is 10.2. The van der Waals surface area contributed by atoms with Crippen LogP contribution in [0.25, 0.3) is 11.3 Å². The molecule has 154 valence electrons. The number of benzene rings is 1. The molecule has 1 aromatic carbocycles. The zero-order valence-electron chi connectivity index (χ0n) is 17.0. The average molecular weight is 422 g/mol. The molecule has 0 amide bonds. The molecule has 1 fully saturated rings. The van der Waals surface area contributed by atoms with Crippen molar-refractivity contribution < 1.29 is 13.9 Å². The summed E-state index contributed by atoms with van der Waals surface area (Å²) in [5, 5.41) is 4.08. The molecule has 1 aliphatic heterocycles. The maximum Gasteiger partial charge on any atom is 0.337 e. The SMILES string of the molecule is COC(=O)c1cccc(-c2ccc(C3C(c4ccccn4)NC(=S)N3C(C)C)o2)c1. The highest BCUT2D eigenvalue weighted by molar-refractivity contribution is 7.80. The molecule has 1 saturated heterocycles. The van der Waals surface area contributed by atoms with Crippen LogP contribution in [0.1, 0.15) is 47.7 Å². The summed E-state index contributed by atoms with van der Waals surface area (Å²) in [5.74, 6) is 1.08. The number of methoxy groups -OCH3 is 1. The summed E-state index contributed by atoms with van der Waals surface area (Å²) in [6.07, 6.45) is 1.78. The van der Waals surface area contributed by atoms with E-state index in [1.165, 1.54) is 7.11 Å². The van der Waals surface area contributed by atoms with Crippen molar-refractivity contribution >= 4 is 23.3 Å². The third-order valence-corrected chi connectivity index (χ3v) is 5.51. The van der Waals surface area contributed by atoms with Crippen LogP contribution >= 0.6 is 12.2 Å². The highest BCUT2D eigenvalue weighted by Crippen LogP contribution is 2.41. The Hall–Kier alpha value is -3.19. The van der Waals surface area contributed by atoms with E-state index in [0.717, 1.165) is 17.0 Å². The third kappa shape index (κ3) is 3.68. The molecule has 7 heteroatoms. The van der Waals surface area contributed by atoms with E-state index in [4.69, 9.17) is 21.4 Å². The van der Waals surface area contributed by atoms with Gasteiger partial charge < -0.3 is 19.4 Å². The van der Waals surface area contributed by atoms with Gasteiger partial charge in [0.1, 0.15) is 17.6 Å². The summed E-state index contributed by atoms with van der Waals surface area (Å²) in [6, 6.07) is 16.9. The first-order chi connectivity index (χ1) is 14.5. The number of rotatable bonds is 5. The fourth-order valence-corrected chi connectivity index (χ4v) is 4.26. The lowest BCUT2D eigenvalue weighted by atomic mass is 10.0. The lowest BCUT2D eigenvalue weighted by Crippen LogP contribution is -2.35. The highest BCUT2D eigenvalue weighted by Gasteiger charge is 2.42. The Balaban J connectivity index is 1.72. The normalized spacial score (nSPS) is 18.5. The molecule has 3 heterocycles. The molecule has 4 rings (SSSR count). The Morgan fingerprint density at radius 3 is 2.73 bits per heavy atom. The van der Waals surface area contributed by atoms with Gasteiger partial charge in [-0.25, -0.2) is 4.79 Å². The van der Waals surface area contributed by atoms with Crippen molar-refractivity contribution in [3.8, 4) is 11.3 Å². The Morgan fingerprint density at radius 1 is 1.20 bits per heavy atom. The van der Waals surface area contributed by atoms with Crippen LogP contribution in [0.3, 0.4) is 0 Å². The van der Waals surface area contributed by atoms with Crippen molar-refractivity contribution in [2.75, 3.05) is 7.11 Å². The average Bonchev–Trinajstić information content (AvgIpc) is 3.38. The van der Waals surface area contributed by atoms with Crippen molar-refractivity contribution in [2.45, 2.75) is 32.0 Å². The molecular weight excluding hydrogens is 398 g/mol. The number of carbonyl (C=O) groups excluding carboxylic acids is 1. The van der Waals surface area contributed by atoms with Crippen LogP contribution in [-0.2, 0) is 4.74 Å². The van der Waals surface area contributed by atoms with E-state index in [-0.39, 0.29) is 24.1 Å². The summed E-state index contributed by atoms with van der Waals surface area (Å²) in [7, 11) is 1.37. The molecule has 0 aliphatic carbocycles. The van der Waals surface area contributed by atoms with Gasteiger partial charge in [-0.15, -0.1) is 0 Å². The fraction of sp³-hybridized carbons (Fsp3) is 0.261. The van der Waals surface area contributed by atoms with E-state index in [0.29, 0.717) is 16.4 Å². The van der Waals surface area contributed by atoms with Gasteiger partial charge in [0.15, 0.2) is 5.11 Å². The van der Waals surface area contributed by atoms with E-state index in [2.05, 4.69) is 29.0 Å². The fourth-order valence-electron chi connectivity index (χ4n) is 3.81. The Kier molecular flexibility index (Phi) is 5.55. The van der Waals surface area contributed by atoms with Crippen LogP contribution < -0.4 is 5.32 Å². The molecule has 0 spiro atoms. The molecule has 2 atom stereocenters. The number of carbonyl (C=O) groups is 1. The minimum Gasteiger partial charge on any atom is -0.465 e. The lowest BCUT2D eigenvalue weighted by Gasteiger charge is -2.29. The molecule has 0 radical (unpaired) electrons. The van der Waals surface area contributed by atoms with Gasteiger partial charge in [0.2, 0.25) is 0 Å². The summed E-state index contributed by atoms with van der Waals surface area (Å²) in [5.41, 5.74) is 2.19. The number of hydrogen-bond acceptors (Lipinski definition) is 5. The van der Waals surface area contributed by atoms with Gasteiger partial charge >= 0.3 is 5.97 Å². The number of pyridine rings is 1. The van der Waals surface area contributed by atoms with Crippen LogP contribution in [0.4, 0.5) is 0 Å². The zero-order chi connectivity index (χ0) is 21.3. The molecular formula is C23H23N3O3S. The number of esters is 1. The van der Waals surface area contributed by atoms with Crippen LogP contribution in [0.2, 0.25) is 0 Å². The Bertz CT molecular complexity index is 1060. The second kappa shape index (κ2) is 8.28. The van der Waals surface area contributed by atoms with E-state index in [1.807, 2.05) is 42.5 Å². The first kappa shape index (κ1) is 20.1. The Labute approximate surface area is 180 Å². The topological polar surface area (TPSA) is 67.6 Å². The largest absolute Gasteiger partial charge is 0.465 e. The van der Waals surface area contributed by atoms with E-state index >= 15 is 0 Å². The van der Waals surface area contributed by atoms with Gasteiger partial charge in [-0.05, 0) is 62.5 Å². The van der Waals surface area contributed by atoms with Crippen molar-refractivity contribution in [1.82, 2.24) is 15.2 Å². The summed E-state index contributed by atoms with van der Waals surface area (Å²) < 4.78 is 11.1. The van der Waals surface area contributed by atoms with Crippen molar-refractivity contribution in [1.29, 1.82) is 0 Å². The number of nitrogens with zero attached hydrogens (tertiary/aromatic N) is 2. The maximum absolute atomic E-state index is 11.9. The molecule has 30 heavy (non-hydrogen) atoms. The van der Waals surface area contributed by atoms with E-state index in [1.54, 1.807) is 18.3 Å². The van der Waals surface area contributed by atoms with E-state index in [9.17, 15) is 4.79 Å². The molecule has 1 N–H and O–H groups in total. The van der Waals surface area contributed by atoms with Crippen LogP contribution in [-0.4, -0.2) is 34.1 Å². The highest BCUT2D eigenvalue weighted by atomic mass is 32.1. The second-order valence-electron chi connectivity index (χ2n) is 7.40. The number of hydrogen-bond donors (Lipinski definition) is 1. The molecule has 1 aliphatic rings. The minimum atomic E-state index is -0.379. The van der Waals surface area contributed by atoms with Crippen molar-refractivity contribution in [3.05, 3.63) is 77.8 Å². The van der Waals surface area contributed by atoms with Crippen molar-refractivity contribution in [3.63, 3.8) is 0 Å². The standard InChI is InChI=1S/C23H23N3O3S/c1-14(2)26-21(20(25-23(26)30)17-9-4-5-12-24-17)19-11-10-18(29-19)15-7-6-8-16(13-15)22(27)28-3/h4-14,20-21H,1-3H3,(H,25,30). The smallest absolute Gasteiger partial charge is 0.337 e. The lowest BCUT2D eigenvalue weighted by molar-refractivity contribution is 0.0601. The monoisotopic (exact) mass is 421 g/mol. The predicted molar refractivity (Wildman–Crippen MR) is 118 cm³/mol. The number of aromatic nitrogens is 1. The summed E-state index contributed by atoms with van der Waals surface area (Å²) in [4.78, 5) is 18.5.